The molecule has 2 atom stereocenters. The van der Waals surface area contributed by atoms with Gasteiger partial charge >= 0.3 is 0 Å². The van der Waals surface area contributed by atoms with Crippen molar-refractivity contribution in [1.82, 2.24) is 14.9 Å². The molecule has 1 aromatic carbocycles. The van der Waals surface area contributed by atoms with Gasteiger partial charge in [0.25, 0.3) is 5.56 Å². The third-order valence-electron chi connectivity index (χ3n) is 8.81. The van der Waals surface area contributed by atoms with Crippen LogP contribution in [0.4, 0.5) is 11.5 Å². The molecule has 9 nitrogen and oxygen atoms in total. The molecule has 3 aromatic rings. The molecule has 0 radical (unpaired) electrons. The summed E-state index contributed by atoms with van der Waals surface area (Å²) in [5, 5.41) is 3.84. The number of aromatic nitrogens is 2. The Labute approximate surface area is 254 Å². The highest BCUT2D eigenvalue weighted by atomic mass is 16.5. The number of ether oxygens (including phenoxy) is 1. The van der Waals surface area contributed by atoms with Crippen LogP contribution in [-0.2, 0) is 11.3 Å². The number of benzene rings is 1. The van der Waals surface area contributed by atoms with E-state index in [1.54, 1.807) is 6.07 Å². The summed E-state index contributed by atoms with van der Waals surface area (Å²) < 4.78 is 5.94. The van der Waals surface area contributed by atoms with Gasteiger partial charge in [-0.15, -0.1) is 0 Å². The zero-order valence-corrected chi connectivity index (χ0v) is 26.2. The summed E-state index contributed by atoms with van der Waals surface area (Å²) in [6, 6.07) is 12.0. The van der Waals surface area contributed by atoms with E-state index >= 15 is 0 Å². The Kier molecular flexibility index (Phi) is 9.52. The smallest absolute Gasteiger partial charge is 0.252 e. The average molecular weight is 587 g/mol. The highest BCUT2D eigenvalue weighted by Gasteiger charge is 2.26. The number of pyridine rings is 2. The van der Waals surface area contributed by atoms with E-state index < -0.39 is 5.91 Å². The summed E-state index contributed by atoms with van der Waals surface area (Å²) in [4.78, 5) is 37.6. The second-order valence-electron chi connectivity index (χ2n) is 12.3. The van der Waals surface area contributed by atoms with Crippen LogP contribution in [0.5, 0.6) is 0 Å². The van der Waals surface area contributed by atoms with Gasteiger partial charge in [0.1, 0.15) is 5.82 Å². The van der Waals surface area contributed by atoms with Crippen molar-refractivity contribution in [3.63, 3.8) is 0 Å². The topological polar surface area (TPSA) is 117 Å². The number of nitrogens with two attached hydrogens (primary N) is 1. The van der Waals surface area contributed by atoms with Crippen molar-refractivity contribution in [2.45, 2.75) is 78.5 Å². The molecular formula is C34H46N6O3. The maximum atomic E-state index is 12.9. The van der Waals surface area contributed by atoms with Crippen molar-refractivity contribution in [2.75, 3.05) is 43.0 Å². The lowest BCUT2D eigenvalue weighted by Gasteiger charge is -2.36. The zero-order valence-electron chi connectivity index (χ0n) is 26.2. The van der Waals surface area contributed by atoms with Crippen LogP contribution in [-0.4, -0.2) is 65.7 Å². The number of anilines is 2. The molecule has 2 aromatic heterocycles. The molecule has 0 aliphatic carbocycles. The van der Waals surface area contributed by atoms with Crippen LogP contribution in [0.15, 0.2) is 41.2 Å². The molecule has 0 bridgehead atoms. The van der Waals surface area contributed by atoms with Gasteiger partial charge in [-0.3, -0.25) is 14.5 Å². The number of piperazine rings is 1. The molecule has 5 rings (SSSR count). The third kappa shape index (κ3) is 7.11. The fourth-order valence-electron chi connectivity index (χ4n) is 6.42. The minimum Gasteiger partial charge on any atom is -0.381 e. The fourth-order valence-corrected chi connectivity index (χ4v) is 6.42. The van der Waals surface area contributed by atoms with Crippen LogP contribution >= 0.6 is 0 Å². The van der Waals surface area contributed by atoms with E-state index in [4.69, 9.17) is 15.5 Å². The number of nitrogens with zero attached hydrogens (tertiary/aromatic N) is 3. The highest BCUT2D eigenvalue weighted by molar-refractivity contribution is 5.95. The Bertz CT molecular complexity index is 1510. The van der Waals surface area contributed by atoms with Gasteiger partial charge in [-0.05, 0) is 68.4 Å². The van der Waals surface area contributed by atoms with E-state index in [2.05, 4.69) is 53.0 Å². The number of carbonyl (C=O) groups is 1. The molecule has 0 saturated carbocycles. The van der Waals surface area contributed by atoms with Crippen molar-refractivity contribution in [3.8, 4) is 11.1 Å². The number of H-pyrrole nitrogens is 1. The molecular weight excluding hydrogens is 540 g/mol. The molecule has 4 N–H and O–H groups in total. The first kappa shape index (κ1) is 30.8. The zero-order chi connectivity index (χ0) is 30.7. The predicted molar refractivity (Wildman–Crippen MR) is 173 cm³/mol. The summed E-state index contributed by atoms with van der Waals surface area (Å²) in [5.41, 5.74) is 12.9. The van der Waals surface area contributed by atoms with Gasteiger partial charge in [-0.2, -0.15) is 0 Å². The summed E-state index contributed by atoms with van der Waals surface area (Å²) in [6.07, 6.45) is 3.12. The summed E-state index contributed by atoms with van der Waals surface area (Å²) in [7, 11) is 0. The lowest BCUT2D eigenvalue weighted by molar-refractivity contribution is 0.00926. The lowest BCUT2D eigenvalue weighted by atomic mass is 9.97. The van der Waals surface area contributed by atoms with Crippen LogP contribution < -0.4 is 21.5 Å². The first-order valence-electron chi connectivity index (χ1n) is 15.6. The van der Waals surface area contributed by atoms with E-state index in [-0.39, 0.29) is 17.7 Å². The number of hydrogen-bond donors (Lipinski definition) is 3. The maximum absolute atomic E-state index is 12.9. The summed E-state index contributed by atoms with van der Waals surface area (Å²) in [6.45, 7) is 15.1. The molecule has 2 aliphatic heterocycles. The predicted octanol–water partition coefficient (Wildman–Crippen LogP) is 4.97. The lowest BCUT2D eigenvalue weighted by Crippen LogP contribution is -2.47. The first-order valence-corrected chi connectivity index (χ1v) is 15.6. The van der Waals surface area contributed by atoms with Gasteiger partial charge in [-0.1, -0.05) is 32.9 Å². The fraction of sp³-hybridized carbons (Fsp3) is 0.500. The number of nitrogens with one attached hydrogen (secondary N) is 2. The number of primary amides is 1. The number of amides is 1. The van der Waals surface area contributed by atoms with E-state index in [1.165, 1.54) is 0 Å². The normalized spacial score (nSPS) is 19.5. The van der Waals surface area contributed by atoms with E-state index in [1.807, 2.05) is 32.0 Å². The maximum Gasteiger partial charge on any atom is 0.252 e. The first-order chi connectivity index (χ1) is 20.6. The minimum atomic E-state index is -0.445. The molecule has 2 saturated heterocycles. The third-order valence-corrected chi connectivity index (χ3v) is 8.81. The van der Waals surface area contributed by atoms with Crippen LogP contribution in [0.3, 0.4) is 0 Å². The van der Waals surface area contributed by atoms with Gasteiger partial charge < -0.3 is 25.7 Å². The Morgan fingerprint density at radius 3 is 2.63 bits per heavy atom. The summed E-state index contributed by atoms with van der Waals surface area (Å²) >= 11 is 0. The highest BCUT2D eigenvalue weighted by Crippen LogP contribution is 2.36. The van der Waals surface area contributed by atoms with E-state index in [0.29, 0.717) is 18.0 Å². The van der Waals surface area contributed by atoms with Crippen molar-refractivity contribution >= 4 is 17.4 Å². The van der Waals surface area contributed by atoms with Crippen LogP contribution in [0.25, 0.3) is 11.1 Å². The van der Waals surface area contributed by atoms with E-state index in [9.17, 15) is 9.59 Å². The Hall–Kier alpha value is -3.69. The molecule has 43 heavy (non-hydrogen) atoms. The molecule has 4 heterocycles. The Morgan fingerprint density at radius 1 is 1.16 bits per heavy atom. The second kappa shape index (κ2) is 13.3. The average Bonchev–Trinajstić information content (AvgIpc) is 2.98. The van der Waals surface area contributed by atoms with Crippen LogP contribution in [0.2, 0.25) is 0 Å². The standard InChI is InChI=1S/C34H46N6O3/c1-6-27-18-26(10-15-43-27)38-30-19-31(37-23(5)32(30)24-8-7-9-25(17-24)33(35)41)40-13-11-39(12-14-40)20-29-28(21(2)3)16-22(4)36-34(29)42/h7-9,16-17,19,21,26-27H,6,10-15,18,20H2,1-5H3,(H2,35,41)(H,36,42)(H,37,38). The largest absolute Gasteiger partial charge is 0.381 e. The molecule has 1 amide bonds. The molecule has 9 heteroatoms. The molecule has 2 unspecified atom stereocenters. The van der Waals surface area contributed by atoms with Crippen molar-refractivity contribution < 1.29 is 9.53 Å². The van der Waals surface area contributed by atoms with E-state index in [0.717, 1.165) is 97.2 Å². The van der Waals surface area contributed by atoms with Crippen LogP contribution in [0.1, 0.15) is 78.8 Å². The molecule has 2 fully saturated rings. The Balaban J connectivity index is 1.40. The number of rotatable bonds is 9. The van der Waals surface area contributed by atoms with Crippen molar-refractivity contribution in [1.29, 1.82) is 0 Å². The van der Waals surface area contributed by atoms with Gasteiger partial charge in [0.15, 0.2) is 0 Å². The van der Waals surface area contributed by atoms with Crippen molar-refractivity contribution in [3.05, 3.63) is 74.8 Å². The monoisotopic (exact) mass is 586 g/mol. The SMILES string of the molecule is CCC1CC(Nc2cc(N3CCN(Cc4c(C(C)C)cc(C)[nH]c4=O)CC3)nc(C)c2-c2cccc(C(N)=O)c2)CCO1. The number of aromatic amines is 1. The Morgan fingerprint density at radius 2 is 1.93 bits per heavy atom. The molecule has 2 aliphatic rings. The number of aryl methyl sites for hydroxylation is 2. The second-order valence-corrected chi connectivity index (χ2v) is 12.3. The van der Waals surface area contributed by atoms with Gasteiger partial charge in [0.2, 0.25) is 5.91 Å². The number of carbonyl (C=O) groups excluding carboxylic acids is 1. The minimum absolute atomic E-state index is 0.0218. The quantitative estimate of drug-likeness (QED) is 0.324. The number of hydrogen-bond acceptors (Lipinski definition) is 7. The summed E-state index contributed by atoms with van der Waals surface area (Å²) in [5.74, 6) is 0.783. The van der Waals surface area contributed by atoms with Crippen LogP contribution in [0, 0.1) is 13.8 Å². The van der Waals surface area contributed by atoms with Crippen molar-refractivity contribution in [2.24, 2.45) is 5.73 Å². The molecule has 230 valence electrons. The molecule has 0 spiro atoms. The van der Waals surface area contributed by atoms with Gasteiger partial charge in [0.05, 0.1) is 6.10 Å². The van der Waals surface area contributed by atoms with Gasteiger partial charge in [-0.25, -0.2) is 4.98 Å². The van der Waals surface area contributed by atoms with Gasteiger partial charge in [0, 0.05) is 85.2 Å².